The number of aryl methyl sites for hydroxylation is 1. The molecule has 1 aromatic heterocycles. The standard InChI is InChI=1S/C14H17N3O3/c1-4-5-9-8-10-11(17(18)19)6-7-12(20-3)13(10)16-14(9)15-2/h6-8H,4-5H2,1-3H3,(H,15,16). The number of nitrogens with one attached hydrogen (secondary N) is 1. The van der Waals surface area contributed by atoms with Crippen molar-refractivity contribution in [3.8, 4) is 5.75 Å². The molecule has 0 bridgehead atoms. The van der Waals surface area contributed by atoms with Gasteiger partial charge in [-0.05, 0) is 24.1 Å². The van der Waals surface area contributed by atoms with Crippen LogP contribution < -0.4 is 10.1 Å². The number of pyridine rings is 1. The van der Waals surface area contributed by atoms with Crippen LogP contribution in [0.4, 0.5) is 11.5 Å². The number of ether oxygens (including phenoxy) is 1. The molecule has 2 rings (SSSR count). The lowest BCUT2D eigenvalue weighted by molar-refractivity contribution is -0.383. The first-order valence-electron chi connectivity index (χ1n) is 6.45. The number of hydrogen-bond acceptors (Lipinski definition) is 5. The predicted octanol–water partition coefficient (Wildman–Crippen LogP) is 3.15. The van der Waals surface area contributed by atoms with Crippen LogP contribution in [0.15, 0.2) is 18.2 Å². The monoisotopic (exact) mass is 275 g/mol. The number of nitrogens with zero attached hydrogens (tertiary/aromatic N) is 2. The SMILES string of the molecule is CCCc1cc2c([N+](=O)[O-])ccc(OC)c2nc1NC. The molecule has 0 unspecified atom stereocenters. The van der Waals surface area contributed by atoms with Gasteiger partial charge in [0.2, 0.25) is 0 Å². The van der Waals surface area contributed by atoms with Crippen LogP contribution in [0.25, 0.3) is 10.9 Å². The van der Waals surface area contributed by atoms with Crippen LogP contribution in [0.2, 0.25) is 0 Å². The van der Waals surface area contributed by atoms with E-state index in [2.05, 4.69) is 17.2 Å². The van der Waals surface area contributed by atoms with Gasteiger partial charge in [0, 0.05) is 13.1 Å². The summed E-state index contributed by atoms with van der Waals surface area (Å²) in [5.74, 6) is 1.27. The van der Waals surface area contributed by atoms with E-state index in [1.54, 1.807) is 13.1 Å². The maximum absolute atomic E-state index is 11.2. The zero-order chi connectivity index (χ0) is 14.7. The summed E-state index contributed by atoms with van der Waals surface area (Å²) in [6.07, 6.45) is 1.76. The quantitative estimate of drug-likeness (QED) is 0.670. The molecular weight excluding hydrogens is 258 g/mol. The van der Waals surface area contributed by atoms with Gasteiger partial charge in [0.15, 0.2) is 0 Å². The third kappa shape index (κ3) is 2.36. The molecule has 0 saturated carbocycles. The van der Waals surface area contributed by atoms with Crippen LogP contribution in [0, 0.1) is 10.1 Å². The molecule has 0 aliphatic carbocycles. The smallest absolute Gasteiger partial charge is 0.279 e. The summed E-state index contributed by atoms with van der Waals surface area (Å²) in [6.45, 7) is 2.06. The highest BCUT2D eigenvalue weighted by Gasteiger charge is 2.18. The van der Waals surface area contributed by atoms with Crippen LogP contribution in [0.1, 0.15) is 18.9 Å². The van der Waals surface area contributed by atoms with Gasteiger partial charge in [-0.3, -0.25) is 10.1 Å². The zero-order valence-electron chi connectivity index (χ0n) is 11.8. The van der Waals surface area contributed by atoms with E-state index in [0.29, 0.717) is 16.7 Å². The fourth-order valence-corrected chi connectivity index (χ4v) is 2.26. The Kier molecular flexibility index (Phi) is 4.02. The molecule has 20 heavy (non-hydrogen) atoms. The van der Waals surface area contributed by atoms with Gasteiger partial charge in [-0.15, -0.1) is 0 Å². The van der Waals surface area contributed by atoms with Crippen molar-refractivity contribution in [2.45, 2.75) is 19.8 Å². The Morgan fingerprint density at radius 3 is 2.75 bits per heavy atom. The van der Waals surface area contributed by atoms with E-state index < -0.39 is 4.92 Å². The molecule has 0 spiro atoms. The maximum atomic E-state index is 11.2. The van der Waals surface area contributed by atoms with Gasteiger partial charge in [0.05, 0.1) is 17.4 Å². The molecule has 1 heterocycles. The first-order chi connectivity index (χ1) is 9.62. The van der Waals surface area contributed by atoms with Crippen LogP contribution in [0.5, 0.6) is 5.75 Å². The minimum atomic E-state index is -0.391. The van der Waals surface area contributed by atoms with Gasteiger partial charge >= 0.3 is 0 Å². The van der Waals surface area contributed by atoms with Crippen LogP contribution in [-0.4, -0.2) is 24.1 Å². The van der Waals surface area contributed by atoms with Gasteiger partial charge in [0.1, 0.15) is 17.1 Å². The van der Waals surface area contributed by atoms with Crippen molar-refractivity contribution in [3.05, 3.63) is 33.9 Å². The van der Waals surface area contributed by atoms with Crippen LogP contribution in [-0.2, 0) is 6.42 Å². The minimum absolute atomic E-state index is 0.0494. The molecule has 0 radical (unpaired) electrons. The summed E-state index contributed by atoms with van der Waals surface area (Å²) in [5.41, 5.74) is 1.53. The zero-order valence-corrected chi connectivity index (χ0v) is 11.8. The average molecular weight is 275 g/mol. The second-order valence-corrected chi connectivity index (χ2v) is 4.44. The molecule has 1 N–H and O–H groups in total. The first-order valence-corrected chi connectivity index (χ1v) is 6.45. The summed E-state index contributed by atoms with van der Waals surface area (Å²) < 4.78 is 5.25. The Morgan fingerprint density at radius 1 is 1.45 bits per heavy atom. The van der Waals surface area contributed by atoms with Crippen molar-refractivity contribution in [3.63, 3.8) is 0 Å². The molecule has 6 nitrogen and oxygen atoms in total. The molecule has 2 aromatic rings. The topological polar surface area (TPSA) is 77.3 Å². The number of nitro groups is 1. The van der Waals surface area contributed by atoms with Gasteiger partial charge in [0.25, 0.3) is 5.69 Å². The average Bonchev–Trinajstić information content (AvgIpc) is 2.45. The third-order valence-corrected chi connectivity index (χ3v) is 3.18. The Morgan fingerprint density at radius 2 is 2.20 bits per heavy atom. The van der Waals surface area contributed by atoms with Crippen molar-refractivity contribution >= 4 is 22.4 Å². The van der Waals surface area contributed by atoms with E-state index in [9.17, 15) is 10.1 Å². The molecule has 6 heteroatoms. The van der Waals surface area contributed by atoms with Crippen molar-refractivity contribution < 1.29 is 9.66 Å². The van der Waals surface area contributed by atoms with E-state index in [0.717, 1.165) is 24.2 Å². The van der Waals surface area contributed by atoms with Gasteiger partial charge < -0.3 is 10.1 Å². The van der Waals surface area contributed by atoms with Crippen molar-refractivity contribution in [2.24, 2.45) is 0 Å². The third-order valence-electron chi connectivity index (χ3n) is 3.18. The lowest BCUT2D eigenvalue weighted by Gasteiger charge is -2.11. The van der Waals surface area contributed by atoms with Gasteiger partial charge in [-0.2, -0.15) is 0 Å². The maximum Gasteiger partial charge on any atom is 0.279 e. The summed E-state index contributed by atoms with van der Waals surface area (Å²) in [6, 6.07) is 4.86. The number of anilines is 1. The lowest BCUT2D eigenvalue weighted by Crippen LogP contribution is -2.01. The Hall–Kier alpha value is -2.37. The molecule has 0 amide bonds. The number of rotatable bonds is 5. The molecule has 0 aliphatic heterocycles. The fourth-order valence-electron chi connectivity index (χ4n) is 2.26. The van der Waals surface area contributed by atoms with E-state index in [4.69, 9.17) is 4.74 Å². The van der Waals surface area contributed by atoms with Crippen molar-refractivity contribution in [2.75, 3.05) is 19.5 Å². The number of nitro benzene ring substituents is 1. The summed E-state index contributed by atoms with van der Waals surface area (Å²) >= 11 is 0. The molecule has 106 valence electrons. The molecule has 0 saturated heterocycles. The van der Waals surface area contributed by atoms with Gasteiger partial charge in [-0.1, -0.05) is 13.3 Å². The highest BCUT2D eigenvalue weighted by Crippen LogP contribution is 2.34. The second kappa shape index (κ2) is 5.73. The highest BCUT2D eigenvalue weighted by molar-refractivity contribution is 5.94. The predicted molar refractivity (Wildman–Crippen MR) is 78.5 cm³/mol. The molecule has 1 aromatic carbocycles. The highest BCUT2D eigenvalue weighted by atomic mass is 16.6. The minimum Gasteiger partial charge on any atom is -0.494 e. The van der Waals surface area contributed by atoms with E-state index in [1.165, 1.54) is 13.2 Å². The van der Waals surface area contributed by atoms with E-state index >= 15 is 0 Å². The Bertz CT molecular complexity index is 656. The second-order valence-electron chi connectivity index (χ2n) is 4.44. The number of aromatic nitrogens is 1. The number of fused-ring (bicyclic) bond motifs is 1. The molecular formula is C14H17N3O3. The van der Waals surface area contributed by atoms with Crippen molar-refractivity contribution in [1.82, 2.24) is 4.98 Å². The normalized spacial score (nSPS) is 10.6. The fraction of sp³-hybridized carbons (Fsp3) is 0.357. The Labute approximate surface area is 116 Å². The summed E-state index contributed by atoms with van der Waals surface area (Å²) in [7, 11) is 3.32. The van der Waals surface area contributed by atoms with Gasteiger partial charge in [-0.25, -0.2) is 4.98 Å². The molecule has 0 atom stereocenters. The van der Waals surface area contributed by atoms with E-state index in [-0.39, 0.29) is 5.69 Å². The number of methoxy groups -OCH3 is 1. The van der Waals surface area contributed by atoms with E-state index in [1.807, 2.05) is 6.07 Å². The number of hydrogen-bond donors (Lipinski definition) is 1. The lowest BCUT2D eigenvalue weighted by atomic mass is 10.1. The number of non-ortho nitro benzene ring substituents is 1. The Balaban J connectivity index is 2.80. The number of benzene rings is 1. The summed E-state index contributed by atoms with van der Waals surface area (Å²) in [4.78, 5) is 15.3. The van der Waals surface area contributed by atoms with Crippen molar-refractivity contribution in [1.29, 1.82) is 0 Å². The first kappa shape index (κ1) is 14.0. The van der Waals surface area contributed by atoms with Crippen LogP contribution in [0.3, 0.4) is 0 Å². The largest absolute Gasteiger partial charge is 0.494 e. The molecule has 0 fully saturated rings. The summed E-state index contributed by atoms with van der Waals surface area (Å²) in [5, 5.41) is 14.7. The van der Waals surface area contributed by atoms with Crippen LogP contribution >= 0.6 is 0 Å². The molecule has 0 aliphatic rings.